The molecule has 0 fully saturated rings. The third-order valence-corrected chi connectivity index (χ3v) is 3.23. The van der Waals surface area contributed by atoms with Crippen LogP contribution in [0.2, 0.25) is 0 Å². The summed E-state index contributed by atoms with van der Waals surface area (Å²) in [6.45, 7) is 9.03. The van der Waals surface area contributed by atoms with Gasteiger partial charge >= 0.3 is 0 Å². The van der Waals surface area contributed by atoms with E-state index in [0.29, 0.717) is 12.6 Å². The van der Waals surface area contributed by atoms with Crippen molar-refractivity contribution in [3.8, 4) is 5.75 Å². The predicted octanol–water partition coefficient (Wildman–Crippen LogP) is 3.66. The van der Waals surface area contributed by atoms with Gasteiger partial charge in [0.15, 0.2) is 0 Å². The highest BCUT2D eigenvalue weighted by Gasteiger charge is 2.07. The van der Waals surface area contributed by atoms with Crippen LogP contribution in [0, 0.1) is 13.8 Å². The molecule has 0 saturated carbocycles. The van der Waals surface area contributed by atoms with Gasteiger partial charge in [-0.2, -0.15) is 0 Å². The van der Waals surface area contributed by atoms with E-state index in [1.165, 1.54) is 11.1 Å². The Morgan fingerprint density at radius 2 is 2.06 bits per heavy atom. The van der Waals surface area contributed by atoms with Gasteiger partial charge in [-0.25, -0.2) is 4.98 Å². The smallest absolute Gasteiger partial charge is 0.130 e. The maximum atomic E-state index is 5.89. The molecule has 1 aromatic carbocycles. The van der Waals surface area contributed by atoms with E-state index >= 15 is 0 Å². The van der Waals surface area contributed by atoms with Crippen LogP contribution >= 0.6 is 0 Å². The molecule has 0 aliphatic rings. The minimum atomic E-state index is 0.407. The Morgan fingerprint density at radius 3 is 2.78 bits per heavy atom. The zero-order chi connectivity index (χ0) is 13.1. The first kappa shape index (κ1) is 12.7. The zero-order valence-corrected chi connectivity index (χ0v) is 11.5. The van der Waals surface area contributed by atoms with E-state index in [9.17, 15) is 0 Å². The molecule has 2 aromatic rings. The summed E-state index contributed by atoms with van der Waals surface area (Å²) >= 11 is 0. The SMILES string of the molecule is Cc1cccc(OCc2cncn2C(C)C)c1C. The van der Waals surface area contributed by atoms with Gasteiger partial charge in [0.1, 0.15) is 12.4 Å². The van der Waals surface area contributed by atoms with Crippen molar-refractivity contribution in [1.82, 2.24) is 9.55 Å². The highest BCUT2D eigenvalue weighted by molar-refractivity contribution is 5.38. The molecule has 0 amide bonds. The molecule has 0 bridgehead atoms. The van der Waals surface area contributed by atoms with Crippen molar-refractivity contribution in [2.75, 3.05) is 0 Å². The minimum absolute atomic E-state index is 0.407. The monoisotopic (exact) mass is 244 g/mol. The molecule has 1 heterocycles. The summed E-state index contributed by atoms with van der Waals surface area (Å²) in [4.78, 5) is 4.18. The van der Waals surface area contributed by atoms with Gasteiger partial charge in [-0.1, -0.05) is 12.1 Å². The second-order valence-electron chi connectivity index (χ2n) is 4.87. The van der Waals surface area contributed by atoms with Crippen molar-refractivity contribution in [3.63, 3.8) is 0 Å². The van der Waals surface area contributed by atoms with Crippen molar-refractivity contribution in [1.29, 1.82) is 0 Å². The summed E-state index contributed by atoms with van der Waals surface area (Å²) in [6.07, 6.45) is 3.72. The third kappa shape index (κ3) is 2.55. The molecule has 1 aromatic heterocycles. The second-order valence-corrected chi connectivity index (χ2v) is 4.87. The summed E-state index contributed by atoms with van der Waals surface area (Å²) in [7, 11) is 0. The number of aryl methyl sites for hydroxylation is 1. The number of hydrogen-bond acceptors (Lipinski definition) is 2. The first-order valence-electron chi connectivity index (χ1n) is 6.29. The highest BCUT2D eigenvalue weighted by atomic mass is 16.5. The lowest BCUT2D eigenvalue weighted by Gasteiger charge is -2.14. The van der Waals surface area contributed by atoms with E-state index in [0.717, 1.165) is 11.4 Å². The van der Waals surface area contributed by atoms with Crippen molar-refractivity contribution < 1.29 is 4.74 Å². The third-order valence-electron chi connectivity index (χ3n) is 3.23. The van der Waals surface area contributed by atoms with Crippen LogP contribution in [0.4, 0.5) is 0 Å². The van der Waals surface area contributed by atoms with Gasteiger partial charge in [-0.15, -0.1) is 0 Å². The number of nitrogens with zero attached hydrogens (tertiary/aromatic N) is 2. The Hall–Kier alpha value is -1.77. The van der Waals surface area contributed by atoms with Gasteiger partial charge in [0.25, 0.3) is 0 Å². The Morgan fingerprint density at radius 1 is 1.28 bits per heavy atom. The summed E-state index contributed by atoms with van der Waals surface area (Å²) < 4.78 is 8.02. The summed E-state index contributed by atoms with van der Waals surface area (Å²) in [5.41, 5.74) is 3.56. The summed E-state index contributed by atoms with van der Waals surface area (Å²) in [5, 5.41) is 0. The maximum absolute atomic E-state index is 5.89. The molecule has 96 valence electrons. The quantitative estimate of drug-likeness (QED) is 0.820. The van der Waals surface area contributed by atoms with E-state index < -0.39 is 0 Å². The number of hydrogen-bond donors (Lipinski definition) is 0. The number of imidazole rings is 1. The van der Waals surface area contributed by atoms with Crippen molar-refractivity contribution in [2.24, 2.45) is 0 Å². The van der Waals surface area contributed by atoms with Crippen molar-refractivity contribution in [2.45, 2.75) is 40.3 Å². The average molecular weight is 244 g/mol. The number of benzene rings is 1. The fraction of sp³-hybridized carbons (Fsp3) is 0.400. The van der Waals surface area contributed by atoms with Crippen LogP contribution in [0.3, 0.4) is 0 Å². The second kappa shape index (κ2) is 5.25. The molecular weight excluding hydrogens is 224 g/mol. The van der Waals surface area contributed by atoms with Crippen LogP contribution in [0.15, 0.2) is 30.7 Å². The summed E-state index contributed by atoms with van der Waals surface area (Å²) in [6, 6.07) is 6.54. The summed E-state index contributed by atoms with van der Waals surface area (Å²) in [5.74, 6) is 0.950. The molecule has 0 unspecified atom stereocenters. The van der Waals surface area contributed by atoms with Crippen LogP contribution in [0.25, 0.3) is 0 Å². The Labute approximate surface area is 108 Å². The van der Waals surface area contributed by atoms with Gasteiger partial charge in [0, 0.05) is 6.04 Å². The predicted molar refractivity (Wildman–Crippen MR) is 72.9 cm³/mol. The Kier molecular flexibility index (Phi) is 3.70. The van der Waals surface area contributed by atoms with Crippen LogP contribution in [0.5, 0.6) is 5.75 Å². The van der Waals surface area contributed by atoms with Gasteiger partial charge in [0.05, 0.1) is 18.2 Å². The normalized spacial score (nSPS) is 10.9. The highest BCUT2D eigenvalue weighted by Crippen LogP contribution is 2.22. The van der Waals surface area contributed by atoms with Crippen LogP contribution in [0.1, 0.15) is 36.7 Å². The number of aromatic nitrogens is 2. The molecule has 18 heavy (non-hydrogen) atoms. The maximum Gasteiger partial charge on any atom is 0.130 e. The molecule has 0 aliphatic carbocycles. The molecular formula is C15H20N2O. The molecule has 0 aliphatic heterocycles. The zero-order valence-electron chi connectivity index (χ0n) is 11.5. The Balaban J connectivity index is 2.12. The number of ether oxygens (including phenoxy) is 1. The van der Waals surface area contributed by atoms with Gasteiger partial charge in [-0.05, 0) is 44.9 Å². The van der Waals surface area contributed by atoms with Crippen molar-refractivity contribution >= 4 is 0 Å². The van der Waals surface area contributed by atoms with Crippen LogP contribution in [-0.2, 0) is 6.61 Å². The first-order valence-corrected chi connectivity index (χ1v) is 6.29. The molecule has 3 heteroatoms. The molecule has 0 N–H and O–H groups in total. The minimum Gasteiger partial charge on any atom is -0.487 e. The van der Waals surface area contributed by atoms with Gasteiger partial charge in [0.2, 0.25) is 0 Å². The van der Waals surface area contributed by atoms with Crippen LogP contribution < -0.4 is 4.74 Å². The average Bonchev–Trinajstić information content (AvgIpc) is 2.79. The fourth-order valence-corrected chi connectivity index (χ4v) is 1.94. The van der Waals surface area contributed by atoms with Crippen LogP contribution in [-0.4, -0.2) is 9.55 Å². The van der Waals surface area contributed by atoms with E-state index in [4.69, 9.17) is 4.74 Å². The molecule has 0 spiro atoms. The molecule has 0 saturated heterocycles. The molecule has 0 radical (unpaired) electrons. The molecule has 2 rings (SSSR count). The lowest BCUT2D eigenvalue weighted by Crippen LogP contribution is -2.07. The molecule has 3 nitrogen and oxygen atoms in total. The largest absolute Gasteiger partial charge is 0.487 e. The lowest BCUT2D eigenvalue weighted by molar-refractivity contribution is 0.290. The van der Waals surface area contributed by atoms with Gasteiger partial charge in [-0.3, -0.25) is 0 Å². The van der Waals surface area contributed by atoms with Crippen molar-refractivity contribution in [3.05, 3.63) is 47.5 Å². The van der Waals surface area contributed by atoms with E-state index in [1.807, 2.05) is 24.7 Å². The topological polar surface area (TPSA) is 27.1 Å². The van der Waals surface area contributed by atoms with Gasteiger partial charge < -0.3 is 9.30 Å². The lowest BCUT2D eigenvalue weighted by atomic mass is 10.1. The standard InChI is InChI=1S/C15H20N2O/c1-11(2)17-10-16-8-14(17)9-18-15-7-5-6-12(3)13(15)4/h5-8,10-11H,9H2,1-4H3. The van der Waals surface area contributed by atoms with E-state index in [2.05, 4.69) is 43.3 Å². The molecule has 0 atom stereocenters. The fourth-order valence-electron chi connectivity index (χ4n) is 1.94. The Bertz CT molecular complexity index is 529. The van der Waals surface area contributed by atoms with E-state index in [1.54, 1.807) is 0 Å². The first-order chi connectivity index (χ1) is 8.59. The van der Waals surface area contributed by atoms with E-state index in [-0.39, 0.29) is 0 Å². The number of rotatable bonds is 4.